The van der Waals surface area contributed by atoms with Crippen molar-refractivity contribution in [2.24, 2.45) is 0 Å². The van der Waals surface area contributed by atoms with E-state index >= 15 is 0 Å². The van der Waals surface area contributed by atoms with Gasteiger partial charge < -0.3 is 9.47 Å². The van der Waals surface area contributed by atoms with Gasteiger partial charge >= 0.3 is 5.97 Å². The molecule has 0 spiro atoms. The van der Waals surface area contributed by atoms with Crippen LogP contribution in [0.5, 0.6) is 5.75 Å². The fraction of sp³-hybridized carbons (Fsp3) is 0.231. The molecular formula is C26H27NO6S. The van der Waals surface area contributed by atoms with Crippen LogP contribution in [0.15, 0.2) is 71.6 Å². The molecule has 178 valence electrons. The number of rotatable bonds is 8. The highest BCUT2D eigenvalue weighted by Gasteiger charge is 2.25. The van der Waals surface area contributed by atoms with E-state index in [1.165, 1.54) is 45.3 Å². The Labute approximate surface area is 200 Å². The molecule has 0 fully saturated rings. The molecule has 0 radical (unpaired) electrons. The van der Waals surface area contributed by atoms with Crippen molar-refractivity contribution in [3.05, 3.63) is 89.0 Å². The van der Waals surface area contributed by atoms with E-state index < -0.39 is 22.1 Å². The van der Waals surface area contributed by atoms with Crippen molar-refractivity contribution in [2.45, 2.75) is 31.8 Å². The molecule has 0 unspecified atom stereocenters. The Morgan fingerprint density at radius 3 is 2.18 bits per heavy atom. The molecule has 0 aliphatic heterocycles. The second kappa shape index (κ2) is 10.1. The molecule has 7 nitrogen and oxygen atoms in total. The Kier molecular flexibility index (Phi) is 7.41. The summed E-state index contributed by atoms with van der Waals surface area (Å²) in [5.74, 6) is -0.517. The average molecular weight is 482 g/mol. The Morgan fingerprint density at radius 2 is 1.56 bits per heavy atom. The van der Waals surface area contributed by atoms with Crippen LogP contribution >= 0.6 is 0 Å². The number of carbonyl (C=O) groups is 2. The van der Waals surface area contributed by atoms with Crippen molar-refractivity contribution < 1.29 is 27.5 Å². The second-order valence-electron chi connectivity index (χ2n) is 7.91. The van der Waals surface area contributed by atoms with Gasteiger partial charge in [-0.15, -0.1) is 0 Å². The number of nitrogens with zero attached hydrogens (tertiary/aromatic N) is 1. The van der Waals surface area contributed by atoms with Crippen LogP contribution in [0.1, 0.15) is 38.8 Å². The van der Waals surface area contributed by atoms with Gasteiger partial charge in [-0.1, -0.05) is 18.2 Å². The molecule has 3 aromatic rings. The van der Waals surface area contributed by atoms with Crippen LogP contribution < -0.4 is 9.04 Å². The SMILES string of the molecule is COc1ccc(N(C)S(=O)(=O)c2cccc(C(=O)O[C@@H](C)C(=O)c3ccc(C)c(C)c3)c2)cc1. The number of carbonyl (C=O) groups excluding carboxylic acids is 2. The summed E-state index contributed by atoms with van der Waals surface area (Å²) >= 11 is 0. The van der Waals surface area contributed by atoms with E-state index in [0.717, 1.165) is 15.4 Å². The molecule has 0 amide bonds. The quantitative estimate of drug-likeness (QED) is 0.346. The predicted molar refractivity (Wildman–Crippen MR) is 130 cm³/mol. The van der Waals surface area contributed by atoms with Crippen molar-refractivity contribution in [3.8, 4) is 5.75 Å². The van der Waals surface area contributed by atoms with E-state index in [4.69, 9.17) is 9.47 Å². The molecule has 0 bridgehead atoms. The molecule has 3 aromatic carbocycles. The van der Waals surface area contributed by atoms with Gasteiger partial charge in [0, 0.05) is 12.6 Å². The number of ketones is 1. The first-order valence-electron chi connectivity index (χ1n) is 10.6. The zero-order valence-electron chi connectivity index (χ0n) is 19.7. The lowest BCUT2D eigenvalue weighted by molar-refractivity contribution is 0.0318. The van der Waals surface area contributed by atoms with Crippen molar-refractivity contribution in [2.75, 3.05) is 18.5 Å². The van der Waals surface area contributed by atoms with Crippen molar-refractivity contribution in [1.82, 2.24) is 0 Å². The van der Waals surface area contributed by atoms with Crippen LogP contribution in [-0.4, -0.2) is 40.4 Å². The standard InChI is InChI=1S/C26H27NO6S/c1-17-9-10-20(15-18(17)2)25(28)19(3)33-26(29)21-7-6-8-24(16-21)34(30,31)27(4)22-11-13-23(32-5)14-12-22/h6-16,19H,1-5H3/t19-/m0/s1. The molecular weight excluding hydrogens is 454 g/mol. The van der Waals surface area contributed by atoms with Gasteiger partial charge in [0.1, 0.15) is 5.75 Å². The van der Waals surface area contributed by atoms with E-state index in [1.807, 2.05) is 19.9 Å². The highest BCUT2D eigenvalue weighted by atomic mass is 32.2. The third-order valence-corrected chi connectivity index (χ3v) is 7.39. The third kappa shape index (κ3) is 5.28. The minimum Gasteiger partial charge on any atom is -0.497 e. The van der Waals surface area contributed by atoms with Crippen LogP contribution in [0.4, 0.5) is 5.69 Å². The lowest BCUT2D eigenvalue weighted by atomic mass is 10.0. The molecule has 0 heterocycles. The van der Waals surface area contributed by atoms with Crippen LogP contribution in [0.2, 0.25) is 0 Å². The minimum atomic E-state index is -3.95. The molecule has 0 N–H and O–H groups in total. The summed E-state index contributed by atoms with van der Waals surface area (Å²) in [6.07, 6.45) is -1.03. The van der Waals surface area contributed by atoms with Gasteiger partial charge in [0.2, 0.25) is 5.78 Å². The first-order valence-corrected chi connectivity index (χ1v) is 12.0. The number of aryl methyl sites for hydroxylation is 2. The van der Waals surface area contributed by atoms with Gasteiger partial charge in [-0.25, -0.2) is 13.2 Å². The van der Waals surface area contributed by atoms with Crippen molar-refractivity contribution >= 4 is 27.5 Å². The lowest BCUT2D eigenvalue weighted by Crippen LogP contribution is -2.27. The number of Topliss-reactive ketones (excluding diaryl/α,β-unsaturated/α-hetero) is 1. The summed E-state index contributed by atoms with van der Waals surface area (Å²) in [6, 6.07) is 17.4. The van der Waals surface area contributed by atoms with E-state index in [9.17, 15) is 18.0 Å². The van der Waals surface area contributed by atoms with Crippen LogP contribution in [0.3, 0.4) is 0 Å². The fourth-order valence-electron chi connectivity index (χ4n) is 3.28. The summed E-state index contributed by atoms with van der Waals surface area (Å²) in [4.78, 5) is 25.3. The number of hydrogen-bond donors (Lipinski definition) is 0. The largest absolute Gasteiger partial charge is 0.497 e. The predicted octanol–water partition coefficient (Wildman–Crippen LogP) is 4.57. The molecule has 0 saturated heterocycles. The van der Waals surface area contributed by atoms with Crippen LogP contribution in [0.25, 0.3) is 0 Å². The first kappa shape index (κ1) is 25.0. The zero-order valence-corrected chi connectivity index (χ0v) is 20.5. The van der Waals surface area contributed by atoms with Crippen LogP contribution in [-0.2, 0) is 14.8 Å². The topological polar surface area (TPSA) is 90.0 Å². The van der Waals surface area contributed by atoms with Crippen molar-refractivity contribution in [3.63, 3.8) is 0 Å². The number of anilines is 1. The van der Waals surface area contributed by atoms with Gasteiger partial charge in [0.05, 0.1) is 23.3 Å². The summed E-state index contributed by atoms with van der Waals surface area (Å²) < 4.78 is 37.8. The van der Waals surface area contributed by atoms with Gasteiger partial charge in [0.15, 0.2) is 6.10 Å². The minimum absolute atomic E-state index is 0.0314. The van der Waals surface area contributed by atoms with Crippen molar-refractivity contribution in [1.29, 1.82) is 0 Å². The normalized spacial score (nSPS) is 12.0. The Hall–Kier alpha value is -3.65. The fourth-order valence-corrected chi connectivity index (χ4v) is 4.53. The molecule has 0 aromatic heterocycles. The summed E-state index contributed by atoms with van der Waals surface area (Å²) in [6.45, 7) is 5.34. The Balaban J connectivity index is 1.78. The van der Waals surface area contributed by atoms with Gasteiger partial charge in [-0.2, -0.15) is 0 Å². The Bertz CT molecular complexity index is 1320. The molecule has 3 rings (SSSR count). The zero-order chi connectivity index (χ0) is 25.0. The van der Waals surface area contributed by atoms with E-state index in [2.05, 4.69) is 0 Å². The van der Waals surface area contributed by atoms with E-state index in [0.29, 0.717) is 17.0 Å². The number of benzene rings is 3. The molecule has 0 aliphatic carbocycles. The number of ether oxygens (including phenoxy) is 2. The maximum atomic E-state index is 13.1. The molecule has 0 saturated carbocycles. The van der Waals surface area contributed by atoms with Crippen LogP contribution in [0, 0.1) is 13.8 Å². The monoisotopic (exact) mass is 481 g/mol. The average Bonchev–Trinajstić information content (AvgIpc) is 2.84. The highest BCUT2D eigenvalue weighted by molar-refractivity contribution is 7.92. The molecule has 34 heavy (non-hydrogen) atoms. The number of esters is 1. The van der Waals surface area contributed by atoms with Gasteiger partial charge in [0.25, 0.3) is 10.0 Å². The second-order valence-corrected chi connectivity index (χ2v) is 9.88. The van der Waals surface area contributed by atoms with Gasteiger partial charge in [-0.05, 0) is 80.4 Å². The smallest absolute Gasteiger partial charge is 0.338 e. The highest BCUT2D eigenvalue weighted by Crippen LogP contribution is 2.25. The van der Waals surface area contributed by atoms with E-state index in [-0.39, 0.29) is 16.2 Å². The van der Waals surface area contributed by atoms with E-state index in [1.54, 1.807) is 36.4 Å². The molecule has 0 aliphatic rings. The molecule has 8 heteroatoms. The Morgan fingerprint density at radius 1 is 0.882 bits per heavy atom. The summed E-state index contributed by atoms with van der Waals surface area (Å²) in [5, 5.41) is 0. The van der Waals surface area contributed by atoms with Gasteiger partial charge in [-0.3, -0.25) is 9.10 Å². The number of methoxy groups -OCH3 is 1. The number of hydrogen-bond acceptors (Lipinski definition) is 6. The summed E-state index contributed by atoms with van der Waals surface area (Å²) in [5.41, 5.74) is 2.92. The number of sulfonamides is 1. The molecule has 1 atom stereocenters. The first-order chi connectivity index (χ1) is 16.0. The summed E-state index contributed by atoms with van der Waals surface area (Å²) in [7, 11) is -0.999. The third-order valence-electron chi connectivity index (χ3n) is 5.61. The lowest BCUT2D eigenvalue weighted by Gasteiger charge is -2.20. The maximum absolute atomic E-state index is 13.1. The maximum Gasteiger partial charge on any atom is 0.338 e.